The third-order valence-corrected chi connectivity index (χ3v) is 3.27. The van der Waals surface area contributed by atoms with Crippen molar-refractivity contribution in [3.63, 3.8) is 0 Å². The van der Waals surface area contributed by atoms with Crippen molar-refractivity contribution in [2.45, 2.75) is 32.6 Å². The highest BCUT2D eigenvalue weighted by Gasteiger charge is 2.05. The Balaban J connectivity index is 1.79. The molecule has 0 saturated heterocycles. The summed E-state index contributed by atoms with van der Waals surface area (Å²) in [5.41, 5.74) is 3.04. The molecule has 0 atom stereocenters. The largest absolute Gasteiger partial charge is 0.352 e. The molecule has 1 aromatic carbocycles. The standard InChI is InChI=1S/C16H21N3O/c1-2-3-4-13-5-7-14(8-6-13)16(20)18-10-9-15-11-17-12-19-15/h5-8,11-12H,2-4,9-10H2,1H3,(H,17,19)(H,18,20). The topological polar surface area (TPSA) is 57.8 Å². The lowest BCUT2D eigenvalue weighted by molar-refractivity contribution is 0.0954. The van der Waals surface area contributed by atoms with Crippen LogP contribution in [0.15, 0.2) is 36.8 Å². The van der Waals surface area contributed by atoms with Crippen LogP contribution in [0.3, 0.4) is 0 Å². The average molecular weight is 271 g/mol. The minimum absolute atomic E-state index is 0.0217. The zero-order chi connectivity index (χ0) is 14.2. The van der Waals surface area contributed by atoms with Gasteiger partial charge >= 0.3 is 0 Å². The first-order chi connectivity index (χ1) is 9.79. The number of hydrogen-bond donors (Lipinski definition) is 2. The summed E-state index contributed by atoms with van der Waals surface area (Å²) < 4.78 is 0. The van der Waals surface area contributed by atoms with E-state index in [1.54, 1.807) is 12.5 Å². The van der Waals surface area contributed by atoms with Gasteiger partial charge in [0.2, 0.25) is 0 Å². The SMILES string of the molecule is CCCCc1ccc(C(=O)NCCc2cnc[nH]2)cc1. The Bertz CT molecular complexity index is 517. The van der Waals surface area contributed by atoms with Crippen LogP contribution in [0.4, 0.5) is 0 Å². The van der Waals surface area contributed by atoms with Crippen molar-refractivity contribution in [1.82, 2.24) is 15.3 Å². The van der Waals surface area contributed by atoms with E-state index < -0.39 is 0 Å². The van der Waals surface area contributed by atoms with Crippen molar-refractivity contribution < 1.29 is 4.79 Å². The van der Waals surface area contributed by atoms with Crippen LogP contribution in [0.2, 0.25) is 0 Å². The Hall–Kier alpha value is -2.10. The van der Waals surface area contributed by atoms with Gasteiger partial charge in [-0.3, -0.25) is 4.79 Å². The summed E-state index contributed by atoms with van der Waals surface area (Å²) in [6.45, 7) is 2.79. The van der Waals surface area contributed by atoms with E-state index in [9.17, 15) is 4.79 Å². The molecule has 2 rings (SSSR count). The van der Waals surface area contributed by atoms with E-state index in [0.29, 0.717) is 6.54 Å². The van der Waals surface area contributed by atoms with Crippen molar-refractivity contribution in [1.29, 1.82) is 0 Å². The fourth-order valence-electron chi connectivity index (χ4n) is 2.04. The van der Waals surface area contributed by atoms with Crippen molar-refractivity contribution >= 4 is 5.91 Å². The highest BCUT2D eigenvalue weighted by Crippen LogP contribution is 2.08. The second-order valence-corrected chi connectivity index (χ2v) is 4.88. The lowest BCUT2D eigenvalue weighted by Crippen LogP contribution is -2.25. The predicted octanol–water partition coefficient (Wildman–Crippen LogP) is 2.72. The van der Waals surface area contributed by atoms with Gasteiger partial charge in [-0.1, -0.05) is 25.5 Å². The summed E-state index contributed by atoms with van der Waals surface area (Å²) in [5.74, 6) is -0.0217. The summed E-state index contributed by atoms with van der Waals surface area (Å²) in [7, 11) is 0. The number of imidazole rings is 1. The summed E-state index contributed by atoms with van der Waals surface area (Å²) in [5, 5.41) is 2.91. The van der Waals surface area contributed by atoms with Crippen molar-refractivity contribution in [2.75, 3.05) is 6.54 Å². The van der Waals surface area contributed by atoms with E-state index in [0.717, 1.165) is 24.1 Å². The molecule has 1 amide bonds. The molecular formula is C16H21N3O. The molecule has 0 aliphatic carbocycles. The number of rotatable bonds is 7. The van der Waals surface area contributed by atoms with E-state index in [2.05, 4.69) is 22.2 Å². The first-order valence-corrected chi connectivity index (χ1v) is 7.14. The van der Waals surface area contributed by atoms with E-state index in [1.165, 1.54) is 18.4 Å². The molecule has 2 N–H and O–H groups in total. The highest BCUT2D eigenvalue weighted by molar-refractivity contribution is 5.94. The predicted molar refractivity (Wildman–Crippen MR) is 79.7 cm³/mol. The van der Waals surface area contributed by atoms with Gasteiger partial charge in [-0.15, -0.1) is 0 Å². The number of unbranched alkanes of at least 4 members (excludes halogenated alkanes) is 1. The molecule has 1 aromatic heterocycles. The Morgan fingerprint density at radius 3 is 2.70 bits per heavy atom. The van der Waals surface area contributed by atoms with E-state index in [1.807, 2.05) is 24.3 Å². The lowest BCUT2D eigenvalue weighted by Gasteiger charge is -2.05. The summed E-state index contributed by atoms with van der Waals surface area (Å²) in [6.07, 6.45) is 7.64. The van der Waals surface area contributed by atoms with E-state index in [-0.39, 0.29) is 5.91 Å². The zero-order valence-corrected chi connectivity index (χ0v) is 11.9. The number of carbonyl (C=O) groups excluding carboxylic acids is 1. The Labute approximate surface area is 119 Å². The minimum atomic E-state index is -0.0217. The number of H-pyrrole nitrogens is 1. The molecule has 0 aliphatic heterocycles. The zero-order valence-electron chi connectivity index (χ0n) is 11.9. The van der Waals surface area contributed by atoms with Crippen molar-refractivity contribution in [3.05, 3.63) is 53.6 Å². The Kier molecular flexibility index (Phi) is 5.35. The maximum atomic E-state index is 12.0. The molecule has 106 valence electrons. The average Bonchev–Trinajstić information content (AvgIpc) is 2.99. The summed E-state index contributed by atoms with van der Waals surface area (Å²) >= 11 is 0. The number of aryl methyl sites for hydroxylation is 1. The number of nitrogens with zero attached hydrogens (tertiary/aromatic N) is 1. The minimum Gasteiger partial charge on any atom is -0.352 e. The number of hydrogen-bond acceptors (Lipinski definition) is 2. The fourth-order valence-corrected chi connectivity index (χ4v) is 2.04. The molecule has 4 heteroatoms. The van der Waals surface area contributed by atoms with Gasteiger partial charge in [0, 0.05) is 30.4 Å². The number of carbonyl (C=O) groups is 1. The molecule has 0 saturated carbocycles. The number of amides is 1. The Morgan fingerprint density at radius 1 is 1.25 bits per heavy atom. The van der Waals surface area contributed by atoms with Crippen LogP contribution in [0.1, 0.15) is 41.4 Å². The first kappa shape index (κ1) is 14.3. The monoisotopic (exact) mass is 271 g/mol. The van der Waals surface area contributed by atoms with Crippen molar-refractivity contribution in [2.24, 2.45) is 0 Å². The lowest BCUT2D eigenvalue weighted by atomic mass is 10.1. The van der Waals surface area contributed by atoms with E-state index in [4.69, 9.17) is 0 Å². The quantitative estimate of drug-likeness (QED) is 0.813. The number of aromatic amines is 1. The molecule has 4 nitrogen and oxygen atoms in total. The highest BCUT2D eigenvalue weighted by atomic mass is 16.1. The van der Waals surface area contributed by atoms with Gasteiger partial charge in [0.1, 0.15) is 0 Å². The fraction of sp³-hybridized carbons (Fsp3) is 0.375. The molecule has 1 heterocycles. The smallest absolute Gasteiger partial charge is 0.251 e. The second kappa shape index (κ2) is 7.48. The van der Waals surface area contributed by atoms with Crippen LogP contribution in [0, 0.1) is 0 Å². The molecule has 2 aromatic rings. The van der Waals surface area contributed by atoms with Gasteiger partial charge in [-0.05, 0) is 30.5 Å². The van der Waals surface area contributed by atoms with Crippen LogP contribution >= 0.6 is 0 Å². The van der Waals surface area contributed by atoms with Crippen LogP contribution in [-0.2, 0) is 12.8 Å². The first-order valence-electron chi connectivity index (χ1n) is 7.14. The molecule has 0 bridgehead atoms. The number of nitrogens with one attached hydrogen (secondary N) is 2. The van der Waals surface area contributed by atoms with Crippen LogP contribution < -0.4 is 5.32 Å². The molecule has 0 radical (unpaired) electrons. The Morgan fingerprint density at radius 2 is 2.05 bits per heavy atom. The molecule has 0 fully saturated rings. The normalized spacial score (nSPS) is 10.4. The van der Waals surface area contributed by atoms with Crippen LogP contribution in [0.5, 0.6) is 0 Å². The number of benzene rings is 1. The molecule has 0 unspecified atom stereocenters. The van der Waals surface area contributed by atoms with E-state index >= 15 is 0 Å². The van der Waals surface area contributed by atoms with Crippen molar-refractivity contribution in [3.8, 4) is 0 Å². The maximum Gasteiger partial charge on any atom is 0.251 e. The summed E-state index contributed by atoms with van der Waals surface area (Å²) in [4.78, 5) is 18.9. The van der Waals surface area contributed by atoms with Gasteiger partial charge in [-0.2, -0.15) is 0 Å². The molecule has 20 heavy (non-hydrogen) atoms. The third kappa shape index (κ3) is 4.23. The molecular weight excluding hydrogens is 250 g/mol. The van der Waals surface area contributed by atoms with Crippen LogP contribution in [-0.4, -0.2) is 22.4 Å². The third-order valence-electron chi connectivity index (χ3n) is 3.27. The summed E-state index contributed by atoms with van der Waals surface area (Å²) in [6, 6.07) is 7.88. The van der Waals surface area contributed by atoms with Gasteiger partial charge in [0.25, 0.3) is 5.91 Å². The number of aromatic nitrogens is 2. The van der Waals surface area contributed by atoms with Crippen LogP contribution in [0.25, 0.3) is 0 Å². The second-order valence-electron chi connectivity index (χ2n) is 4.88. The van der Waals surface area contributed by atoms with Gasteiger partial charge in [0.15, 0.2) is 0 Å². The molecule has 0 spiro atoms. The van der Waals surface area contributed by atoms with Gasteiger partial charge in [0.05, 0.1) is 6.33 Å². The van der Waals surface area contributed by atoms with Gasteiger partial charge < -0.3 is 10.3 Å². The van der Waals surface area contributed by atoms with Gasteiger partial charge in [-0.25, -0.2) is 4.98 Å². The molecule has 0 aliphatic rings. The maximum absolute atomic E-state index is 12.0.